The van der Waals surface area contributed by atoms with Crippen LogP contribution in [0.25, 0.3) is 11.1 Å². The summed E-state index contributed by atoms with van der Waals surface area (Å²) in [5.41, 5.74) is 8.90. The quantitative estimate of drug-likeness (QED) is 0.939. The monoisotopic (exact) mass is 290 g/mol. The van der Waals surface area contributed by atoms with Gasteiger partial charge in [-0.15, -0.1) is 0 Å². The van der Waals surface area contributed by atoms with Gasteiger partial charge < -0.3 is 14.9 Å². The molecule has 3 rings (SSSR count). The van der Waals surface area contributed by atoms with Crippen LogP contribution in [0.4, 0.5) is 0 Å². The Morgan fingerprint density at radius 3 is 2.86 bits per heavy atom. The SMILES string of the molecule is CCCn1c(=O)oc2cc(C(N)C3CCOCC3)ccc21. The number of rotatable bonds is 4. The van der Waals surface area contributed by atoms with Crippen LogP contribution in [-0.4, -0.2) is 17.8 Å². The average Bonchev–Trinajstić information content (AvgIpc) is 2.83. The molecule has 1 saturated heterocycles. The van der Waals surface area contributed by atoms with Crippen molar-refractivity contribution >= 4 is 11.1 Å². The van der Waals surface area contributed by atoms with E-state index >= 15 is 0 Å². The minimum atomic E-state index is -0.288. The van der Waals surface area contributed by atoms with E-state index in [4.69, 9.17) is 14.9 Å². The number of aryl methyl sites for hydroxylation is 1. The number of benzene rings is 1. The first-order valence-corrected chi connectivity index (χ1v) is 7.67. The lowest BCUT2D eigenvalue weighted by molar-refractivity contribution is 0.0584. The molecular formula is C16H22N2O3. The third kappa shape index (κ3) is 2.76. The van der Waals surface area contributed by atoms with Gasteiger partial charge in [-0.2, -0.15) is 0 Å². The van der Waals surface area contributed by atoms with Gasteiger partial charge >= 0.3 is 5.76 Å². The van der Waals surface area contributed by atoms with Crippen molar-refractivity contribution in [1.29, 1.82) is 0 Å². The van der Waals surface area contributed by atoms with Crippen molar-refractivity contribution in [2.24, 2.45) is 11.7 Å². The van der Waals surface area contributed by atoms with Crippen LogP contribution in [0.2, 0.25) is 0 Å². The topological polar surface area (TPSA) is 70.4 Å². The number of nitrogens with two attached hydrogens (primary N) is 1. The van der Waals surface area contributed by atoms with E-state index in [0.29, 0.717) is 18.0 Å². The van der Waals surface area contributed by atoms with E-state index in [9.17, 15) is 4.79 Å². The Morgan fingerprint density at radius 2 is 2.14 bits per heavy atom. The maximum atomic E-state index is 11.9. The maximum absolute atomic E-state index is 11.9. The highest BCUT2D eigenvalue weighted by Crippen LogP contribution is 2.29. The number of oxazole rings is 1. The van der Waals surface area contributed by atoms with E-state index < -0.39 is 0 Å². The minimum absolute atomic E-state index is 0.0295. The van der Waals surface area contributed by atoms with E-state index in [0.717, 1.165) is 43.6 Å². The van der Waals surface area contributed by atoms with Crippen LogP contribution in [0.3, 0.4) is 0 Å². The molecule has 0 radical (unpaired) electrons. The maximum Gasteiger partial charge on any atom is 0.419 e. The average molecular weight is 290 g/mol. The minimum Gasteiger partial charge on any atom is -0.408 e. The third-order valence-electron chi connectivity index (χ3n) is 4.30. The summed E-state index contributed by atoms with van der Waals surface area (Å²) in [6.45, 7) is 4.28. The van der Waals surface area contributed by atoms with Crippen LogP contribution < -0.4 is 11.5 Å². The van der Waals surface area contributed by atoms with E-state index in [1.807, 2.05) is 25.1 Å². The van der Waals surface area contributed by atoms with Gasteiger partial charge in [0.1, 0.15) is 0 Å². The Kier molecular flexibility index (Phi) is 4.12. The molecule has 5 heteroatoms. The van der Waals surface area contributed by atoms with Crippen molar-refractivity contribution in [3.05, 3.63) is 34.3 Å². The van der Waals surface area contributed by atoms with E-state index in [2.05, 4.69) is 0 Å². The second kappa shape index (κ2) is 6.03. The standard InChI is InChI=1S/C16H22N2O3/c1-2-7-18-13-4-3-12(10-14(13)21-16(18)19)15(17)11-5-8-20-9-6-11/h3-4,10-11,15H,2,5-9,17H2,1H3. The second-order valence-electron chi connectivity index (χ2n) is 5.72. The number of hydrogen-bond acceptors (Lipinski definition) is 4. The highest BCUT2D eigenvalue weighted by Gasteiger charge is 2.23. The molecule has 2 N–H and O–H groups in total. The molecule has 1 fully saturated rings. The van der Waals surface area contributed by atoms with Gasteiger partial charge in [0.2, 0.25) is 0 Å². The predicted molar refractivity (Wildman–Crippen MR) is 81.2 cm³/mol. The van der Waals surface area contributed by atoms with Gasteiger partial charge in [0.05, 0.1) is 5.52 Å². The molecule has 0 aliphatic carbocycles. The predicted octanol–water partition coefficient (Wildman–Crippen LogP) is 2.43. The molecule has 114 valence electrons. The van der Waals surface area contributed by atoms with Crippen molar-refractivity contribution < 1.29 is 9.15 Å². The summed E-state index contributed by atoms with van der Waals surface area (Å²) in [5.74, 6) is 0.143. The lowest BCUT2D eigenvalue weighted by atomic mass is 9.88. The molecule has 1 unspecified atom stereocenters. The number of nitrogens with zero attached hydrogens (tertiary/aromatic N) is 1. The lowest BCUT2D eigenvalue weighted by Gasteiger charge is -2.27. The molecule has 0 bridgehead atoms. The smallest absolute Gasteiger partial charge is 0.408 e. The molecule has 0 spiro atoms. The molecule has 2 aromatic rings. The molecule has 1 atom stereocenters. The van der Waals surface area contributed by atoms with E-state index in [1.165, 1.54) is 0 Å². The number of hydrogen-bond donors (Lipinski definition) is 1. The molecule has 0 saturated carbocycles. The first kappa shape index (κ1) is 14.4. The molecular weight excluding hydrogens is 268 g/mol. The molecule has 21 heavy (non-hydrogen) atoms. The summed E-state index contributed by atoms with van der Waals surface area (Å²) in [4.78, 5) is 11.9. The van der Waals surface area contributed by atoms with Gasteiger partial charge in [-0.25, -0.2) is 4.79 Å². The van der Waals surface area contributed by atoms with Crippen LogP contribution in [0.1, 0.15) is 37.8 Å². The van der Waals surface area contributed by atoms with Crippen LogP contribution in [0, 0.1) is 5.92 Å². The van der Waals surface area contributed by atoms with Gasteiger partial charge in [-0.3, -0.25) is 4.57 Å². The van der Waals surface area contributed by atoms with Crippen molar-refractivity contribution in [2.45, 2.75) is 38.8 Å². The largest absolute Gasteiger partial charge is 0.419 e. The van der Waals surface area contributed by atoms with Crippen molar-refractivity contribution in [3.63, 3.8) is 0 Å². The Bertz CT molecular complexity index is 668. The van der Waals surface area contributed by atoms with E-state index in [1.54, 1.807) is 4.57 Å². The van der Waals surface area contributed by atoms with Gasteiger partial charge in [-0.1, -0.05) is 13.0 Å². The fourth-order valence-corrected chi connectivity index (χ4v) is 3.07. The summed E-state index contributed by atoms with van der Waals surface area (Å²) < 4.78 is 12.4. The van der Waals surface area contributed by atoms with E-state index in [-0.39, 0.29) is 11.8 Å². The zero-order chi connectivity index (χ0) is 14.8. The molecule has 1 aromatic heterocycles. The number of aromatic nitrogens is 1. The second-order valence-corrected chi connectivity index (χ2v) is 5.72. The normalized spacial score (nSPS) is 18.2. The molecule has 0 amide bonds. The first-order valence-electron chi connectivity index (χ1n) is 7.67. The Morgan fingerprint density at radius 1 is 1.38 bits per heavy atom. The Hall–Kier alpha value is -1.59. The van der Waals surface area contributed by atoms with Crippen LogP contribution in [0.5, 0.6) is 0 Å². The fourth-order valence-electron chi connectivity index (χ4n) is 3.07. The lowest BCUT2D eigenvalue weighted by Crippen LogP contribution is -2.27. The number of fused-ring (bicyclic) bond motifs is 1. The van der Waals surface area contributed by atoms with Gasteiger partial charge in [0.25, 0.3) is 0 Å². The highest BCUT2D eigenvalue weighted by atomic mass is 16.5. The zero-order valence-corrected chi connectivity index (χ0v) is 12.4. The zero-order valence-electron chi connectivity index (χ0n) is 12.4. The van der Waals surface area contributed by atoms with Crippen molar-refractivity contribution in [1.82, 2.24) is 4.57 Å². The third-order valence-corrected chi connectivity index (χ3v) is 4.30. The first-order chi connectivity index (χ1) is 10.2. The van der Waals surface area contributed by atoms with Crippen LogP contribution >= 0.6 is 0 Å². The molecule has 5 nitrogen and oxygen atoms in total. The van der Waals surface area contributed by atoms with Gasteiger partial charge in [0, 0.05) is 25.8 Å². The molecule has 1 aromatic carbocycles. The fraction of sp³-hybridized carbons (Fsp3) is 0.562. The Labute approximate surface area is 123 Å². The molecule has 1 aliphatic heterocycles. The number of ether oxygens (including phenoxy) is 1. The summed E-state index contributed by atoms with van der Waals surface area (Å²) in [7, 11) is 0. The van der Waals surface area contributed by atoms with Crippen LogP contribution in [0.15, 0.2) is 27.4 Å². The summed E-state index contributed by atoms with van der Waals surface area (Å²) in [5, 5.41) is 0. The van der Waals surface area contributed by atoms with Crippen LogP contribution in [-0.2, 0) is 11.3 Å². The summed E-state index contributed by atoms with van der Waals surface area (Å²) in [6.07, 6.45) is 2.87. The summed E-state index contributed by atoms with van der Waals surface area (Å²) >= 11 is 0. The van der Waals surface area contributed by atoms with Gasteiger partial charge in [-0.05, 0) is 42.9 Å². The molecule has 1 aliphatic rings. The molecule has 2 heterocycles. The highest BCUT2D eigenvalue weighted by molar-refractivity contribution is 5.74. The van der Waals surface area contributed by atoms with Crippen molar-refractivity contribution in [3.8, 4) is 0 Å². The van der Waals surface area contributed by atoms with Crippen molar-refractivity contribution in [2.75, 3.05) is 13.2 Å². The van der Waals surface area contributed by atoms with Gasteiger partial charge in [0.15, 0.2) is 5.58 Å². The Balaban J connectivity index is 1.92. The summed E-state index contributed by atoms with van der Waals surface area (Å²) in [6, 6.07) is 5.86.